The predicted octanol–water partition coefficient (Wildman–Crippen LogP) is 0.834. The molecule has 0 saturated carbocycles. The molecule has 1 N–H and O–H groups in total. The first kappa shape index (κ1) is 8.01. The lowest BCUT2D eigenvalue weighted by atomic mass is 10.2. The SMILES string of the molecule is C=CONC(=O)C(C)C. The molecule has 0 aromatic rings. The molecule has 0 atom stereocenters. The van der Waals surface area contributed by atoms with Crippen molar-refractivity contribution in [3.05, 3.63) is 12.8 Å². The third-order valence-electron chi connectivity index (χ3n) is 0.767. The molecule has 0 radical (unpaired) electrons. The Kier molecular flexibility index (Phi) is 3.51. The molecule has 3 heteroatoms. The van der Waals surface area contributed by atoms with Crippen LogP contribution in [0, 0.1) is 5.92 Å². The average Bonchev–Trinajstić information content (AvgIpc) is 1.82. The van der Waals surface area contributed by atoms with E-state index in [4.69, 9.17) is 0 Å². The molecule has 0 aromatic heterocycles. The highest BCUT2D eigenvalue weighted by atomic mass is 16.6. The largest absolute Gasteiger partial charge is 0.388 e. The van der Waals surface area contributed by atoms with Gasteiger partial charge in [-0.25, -0.2) is 0 Å². The summed E-state index contributed by atoms with van der Waals surface area (Å²) >= 11 is 0. The second kappa shape index (κ2) is 3.95. The van der Waals surface area contributed by atoms with E-state index in [-0.39, 0.29) is 11.8 Å². The molecule has 52 valence electrons. The molecule has 3 nitrogen and oxygen atoms in total. The monoisotopic (exact) mass is 129 g/mol. The second-order valence-electron chi connectivity index (χ2n) is 1.91. The Labute approximate surface area is 54.7 Å². The quantitative estimate of drug-likeness (QED) is 0.453. The summed E-state index contributed by atoms with van der Waals surface area (Å²) in [6.45, 7) is 6.81. The Hall–Kier alpha value is -0.990. The van der Waals surface area contributed by atoms with Gasteiger partial charge in [-0.15, -0.1) is 0 Å². The van der Waals surface area contributed by atoms with Gasteiger partial charge in [0.25, 0.3) is 5.91 Å². The summed E-state index contributed by atoms with van der Waals surface area (Å²) < 4.78 is 0. The summed E-state index contributed by atoms with van der Waals surface area (Å²) in [6, 6.07) is 0. The number of hydrogen-bond donors (Lipinski definition) is 1. The highest BCUT2D eigenvalue weighted by molar-refractivity contribution is 5.76. The molecular formula is C6H11NO2. The van der Waals surface area contributed by atoms with Crippen LogP contribution in [0.2, 0.25) is 0 Å². The fraction of sp³-hybridized carbons (Fsp3) is 0.500. The van der Waals surface area contributed by atoms with Gasteiger partial charge in [0.2, 0.25) is 0 Å². The molecule has 1 amide bonds. The molecule has 0 aliphatic heterocycles. The van der Waals surface area contributed by atoms with Crippen LogP contribution in [-0.4, -0.2) is 5.91 Å². The predicted molar refractivity (Wildman–Crippen MR) is 34.3 cm³/mol. The third kappa shape index (κ3) is 3.58. The molecule has 0 bridgehead atoms. The molecule has 0 aliphatic rings. The number of carbonyl (C=O) groups excluding carboxylic acids is 1. The number of amides is 1. The minimum atomic E-state index is -0.144. The molecule has 0 aliphatic carbocycles. The van der Waals surface area contributed by atoms with Crippen molar-refractivity contribution in [2.75, 3.05) is 0 Å². The molecule has 0 saturated heterocycles. The maximum absolute atomic E-state index is 10.6. The molecule has 9 heavy (non-hydrogen) atoms. The maximum Gasteiger partial charge on any atom is 0.255 e. The van der Waals surface area contributed by atoms with Crippen molar-refractivity contribution in [3.63, 3.8) is 0 Å². The summed E-state index contributed by atoms with van der Waals surface area (Å²) in [7, 11) is 0. The van der Waals surface area contributed by atoms with Crippen LogP contribution >= 0.6 is 0 Å². The van der Waals surface area contributed by atoms with Crippen molar-refractivity contribution < 1.29 is 9.63 Å². The van der Waals surface area contributed by atoms with Gasteiger partial charge >= 0.3 is 0 Å². The molecule has 0 aromatic carbocycles. The van der Waals surface area contributed by atoms with Crippen molar-refractivity contribution in [2.24, 2.45) is 5.92 Å². The van der Waals surface area contributed by atoms with Gasteiger partial charge in [0.15, 0.2) is 0 Å². The van der Waals surface area contributed by atoms with E-state index in [1.54, 1.807) is 13.8 Å². The van der Waals surface area contributed by atoms with Gasteiger partial charge in [0, 0.05) is 5.92 Å². The number of hydroxylamine groups is 1. The Bertz CT molecular complexity index is 110. The van der Waals surface area contributed by atoms with Gasteiger partial charge in [0.1, 0.15) is 6.26 Å². The first-order valence-corrected chi connectivity index (χ1v) is 2.75. The standard InChI is InChI=1S/C6H11NO2/c1-4-9-7-6(8)5(2)3/h4-5H,1H2,2-3H3,(H,7,8). The summed E-state index contributed by atoms with van der Waals surface area (Å²) in [5, 5.41) is 0. The van der Waals surface area contributed by atoms with Crippen molar-refractivity contribution in [1.29, 1.82) is 0 Å². The van der Waals surface area contributed by atoms with E-state index in [2.05, 4.69) is 16.9 Å². The lowest BCUT2D eigenvalue weighted by Crippen LogP contribution is -2.25. The van der Waals surface area contributed by atoms with Gasteiger partial charge in [0.05, 0.1) is 0 Å². The maximum atomic E-state index is 10.6. The Morgan fingerprint density at radius 1 is 1.78 bits per heavy atom. The number of rotatable bonds is 3. The van der Waals surface area contributed by atoms with Gasteiger partial charge in [-0.05, 0) is 0 Å². The molecular weight excluding hydrogens is 118 g/mol. The lowest BCUT2D eigenvalue weighted by molar-refractivity contribution is -0.132. The minimum Gasteiger partial charge on any atom is -0.388 e. The van der Waals surface area contributed by atoms with Crippen LogP contribution in [0.15, 0.2) is 12.8 Å². The van der Waals surface area contributed by atoms with Crippen LogP contribution in [-0.2, 0) is 9.63 Å². The van der Waals surface area contributed by atoms with Gasteiger partial charge in [-0.2, -0.15) is 5.48 Å². The van der Waals surface area contributed by atoms with Gasteiger partial charge < -0.3 is 4.84 Å². The van der Waals surface area contributed by atoms with E-state index in [0.717, 1.165) is 0 Å². The highest BCUT2D eigenvalue weighted by Gasteiger charge is 2.04. The van der Waals surface area contributed by atoms with Crippen molar-refractivity contribution >= 4 is 5.91 Å². The van der Waals surface area contributed by atoms with Crippen molar-refractivity contribution in [3.8, 4) is 0 Å². The average molecular weight is 129 g/mol. The number of hydrogen-bond acceptors (Lipinski definition) is 2. The zero-order chi connectivity index (χ0) is 7.28. The van der Waals surface area contributed by atoms with Crippen molar-refractivity contribution in [1.82, 2.24) is 5.48 Å². The number of nitrogens with one attached hydrogen (secondary N) is 1. The molecule has 0 unspecified atom stereocenters. The zero-order valence-corrected chi connectivity index (χ0v) is 5.68. The third-order valence-corrected chi connectivity index (χ3v) is 0.767. The van der Waals surface area contributed by atoms with Crippen LogP contribution < -0.4 is 5.48 Å². The van der Waals surface area contributed by atoms with Crippen LogP contribution in [0.3, 0.4) is 0 Å². The molecule has 0 rings (SSSR count). The Morgan fingerprint density at radius 2 is 2.33 bits per heavy atom. The van der Waals surface area contributed by atoms with E-state index >= 15 is 0 Å². The van der Waals surface area contributed by atoms with E-state index < -0.39 is 0 Å². The first-order chi connectivity index (χ1) is 4.18. The smallest absolute Gasteiger partial charge is 0.255 e. The van der Waals surface area contributed by atoms with Gasteiger partial charge in [-0.1, -0.05) is 20.4 Å². The van der Waals surface area contributed by atoms with E-state index in [1.165, 1.54) is 6.26 Å². The highest BCUT2D eigenvalue weighted by Crippen LogP contribution is 1.89. The lowest BCUT2D eigenvalue weighted by Gasteiger charge is -2.03. The Morgan fingerprint density at radius 3 is 2.67 bits per heavy atom. The fourth-order valence-corrected chi connectivity index (χ4v) is 0.218. The van der Waals surface area contributed by atoms with Crippen LogP contribution in [0.5, 0.6) is 0 Å². The summed E-state index contributed by atoms with van der Waals surface area (Å²) in [5.74, 6) is -0.195. The molecule has 0 heterocycles. The summed E-state index contributed by atoms with van der Waals surface area (Å²) in [5.41, 5.74) is 2.17. The summed E-state index contributed by atoms with van der Waals surface area (Å²) in [6.07, 6.45) is 1.17. The van der Waals surface area contributed by atoms with Crippen molar-refractivity contribution in [2.45, 2.75) is 13.8 Å². The van der Waals surface area contributed by atoms with Gasteiger partial charge in [-0.3, -0.25) is 4.79 Å². The summed E-state index contributed by atoms with van der Waals surface area (Å²) in [4.78, 5) is 15.0. The molecule has 0 fully saturated rings. The first-order valence-electron chi connectivity index (χ1n) is 2.75. The minimum absolute atomic E-state index is 0.0510. The van der Waals surface area contributed by atoms with Crippen LogP contribution in [0.1, 0.15) is 13.8 Å². The second-order valence-corrected chi connectivity index (χ2v) is 1.91. The van der Waals surface area contributed by atoms with E-state index in [9.17, 15) is 4.79 Å². The van der Waals surface area contributed by atoms with E-state index in [1.807, 2.05) is 0 Å². The topological polar surface area (TPSA) is 38.3 Å². The zero-order valence-electron chi connectivity index (χ0n) is 5.68. The molecule has 0 spiro atoms. The van der Waals surface area contributed by atoms with Crippen LogP contribution in [0.4, 0.5) is 0 Å². The fourth-order valence-electron chi connectivity index (χ4n) is 0.218. The van der Waals surface area contributed by atoms with E-state index in [0.29, 0.717) is 0 Å². The number of carbonyl (C=O) groups is 1. The normalized spacial score (nSPS) is 8.78. The van der Waals surface area contributed by atoms with Crippen LogP contribution in [0.25, 0.3) is 0 Å². The Balaban J connectivity index is 3.38.